The van der Waals surface area contributed by atoms with Crippen LogP contribution in [0.3, 0.4) is 0 Å². The molecule has 0 saturated heterocycles. The van der Waals surface area contributed by atoms with Crippen molar-refractivity contribution in [2.24, 2.45) is 5.73 Å². The molecule has 7 nitrogen and oxygen atoms in total. The molecule has 34 heavy (non-hydrogen) atoms. The monoisotopic (exact) mass is 475 g/mol. The van der Waals surface area contributed by atoms with Crippen molar-refractivity contribution in [1.82, 2.24) is 9.78 Å². The topological polar surface area (TPSA) is 116 Å². The molecule has 0 spiro atoms. The lowest BCUT2D eigenvalue weighted by molar-refractivity contribution is 0.0992. The molecule has 5 rings (SSSR count). The number of rotatable bonds is 4. The minimum Gasteiger partial charge on any atom is -0.399 e. The number of aromatic nitrogens is 2. The summed E-state index contributed by atoms with van der Waals surface area (Å²) >= 11 is 6.18. The SMILES string of the molecule is NC(=O)c1nn(-c2ccc(F)cc2)c2c1CCc1ccc(NC(=O)c3ccc(N)cc3Cl)cc1-2. The van der Waals surface area contributed by atoms with Crippen LogP contribution in [-0.2, 0) is 12.8 Å². The first-order valence-electron chi connectivity index (χ1n) is 10.5. The van der Waals surface area contributed by atoms with Gasteiger partial charge in [-0.3, -0.25) is 9.59 Å². The molecular weight excluding hydrogens is 457 g/mol. The van der Waals surface area contributed by atoms with Crippen molar-refractivity contribution in [2.75, 3.05) is 11.1 Å². The number of amides is 2. The Morgan fingerprint density at radius 2 is 1.79 bits per heavy atom. The van der Waals surface area contributed by atoms with Gasteiger partial charge in [0.15, 0.2) is 5.69 Å². The van der Waals surface area contributed by atoms with Gasteiger partial charge in [0.1, 0.15) is 5.82 Å². The van der Waals surface area contributed by atoms with Gasteiger partial charge in [0.25, 0.3) is 11.8 Å². The highest BCUT2D eigenvalue weighted by molar-refractivity contribution is 6.34. The van der Waals surface area contributed by atoms with Gasteiger partial charge in [-0.15, -0.1) is 0 Å². The minimum absolute atomic E-state index is 0.174. The van der Waals surface area contributed by atoms with Crippen LogP contribution in [0.4, 0.5) is 15.8 Å². The van der Waals surface area contributed by atoms with Gasteiger partial charge in [-0.2, -0.15) is 5.10 Å². The summed E-state index contributed by atoms with van der Waals surface area (Å²) in [5.41, 5.74) is 16.6. The Morgan fingerprint density at radius 3 is 2.50 bits per heavy atom. The highest BCUT2D eigenvalue weighted by Gasteiger charge is 2.28. The number of carbonyl (C=O) groups excluding carboxylic acids is 2. The van der Waals surface area contributed by atoms with E-state index >= 15 is 0 Å². The van der Waals surface area contributed by atoms with Crippen LogP contribution in [0.1, 0.15) is 32.0 Å². The lowest BCUT2D eigenvalue weighted by atomic mass is 9.88. The third-order valence-electron chi connectivity index (χ3n) is 5.79. The van der Waals surface area contributed by atoms with E-state index in [-0.39, 0.29) is 22.4 Å². The minimum atomic E-state index is -0.636. The van der Waals surface area contributed by atoms with Crippen molar-refractivity contribution in [3.05, 3.63) is 93.9 Å². The third-order valence-corrected chi connectivity index (χ3v) is 6.11. The normalized spacial score (nSPS) is 12.1. The summed E-state index contributed by atoms with van der Waals surface area (Å²) < 4.78 is 15.1. The number of primary amides is 1. The van der Waals surface area contributed by atoms with Gasteiger partial charge in [0.05, 0.1) is 22.0 Å². The fourth-order valence-electron chi connectivity index (χ4n) is 4.20. The van der Waals surface area contributed by atoms with E-state index in [9.17, 15) is 14.0 Å². The Kier molecular flexibility index (Phi) is 5.30. The molecule has 170 valence electrons. The zero-order chi connectivity index (χ0) is 24.0. The maximum atomic E-state index is 13.5. The average molecular weight is 476 g/mol. The van der Waals surface area contributed by atoms with Crippen molar-refractivity contribution in [3.63, 3.8) is 0 Å². The van der Waals surface area contributed by atoms with Crippen LogP contribution in [0.15, 0.2) is 60.7 Å². The number of anilines is 2. The van der Waals surface area contributed by atoms with Crippen molar-refractivity contribution in [2.45, 2.75) is 12.8 Å². The largest absolute Gasteiger partial charge is 0.399 e. The molecule has 1 aromatic heterocycles. The molecule has 0 radical (unpaired) electrons. The van der Waals surface area contributed by atoms with Gasteiger partial charge in [-0.25, -0.2) is 9.07 Å². The summed E-state index contributed by atoms with van der Waals surface area (Å²) in [5.74, 6) is -1.40. The Balaban J connectivity index is 1.59. The first kappa shape index (κ1) is 21.7. The van der Waals surface area contributed by atoms with Crippen molar-refractivity contribution in [1.29, 1.82) is 0 Å². The lowest BCUT2D eigenvalue weighted by Gasteiger charge is -2.20. The van der Waals surface area contributed by atoms with Gasteiger partial charge < -0.3 is 16.8 Å². The first-order valence-corrected chi connectivity index (χ1v) is 10.9. The van der Waals surface area contributed by atoms with Crippen LogP contribution >= 0.6 is 11.6 Å². The molecule has 0 saturated carbocycles. The molecule has 2 amide bonds. The standard InChI is InChI=1S/C25H19ClFN5O2/c26-21-11-15(28)5-10-18(21)25(34)30-16-6-1-13-2-9-19-22(24(29)33)31-32(23(19)20(13)12-16)17-7-3-14(27)4-8-17/h1,3-8,10-12H,2,9,28H2,(H2,29,33)(H,30,34). The van der Waals surface area contributed by atoms with Gasteiger partial charge in [0, 0.05) is 22.5 Å². The van der Waals surface area contributed by atoms with E-state index in [0.717, 1.165) is 16.7 Å². The number of hydrogen-bond acceptors (Lipinski definition) is 4. The predicted octanol–water partition coefficient (Wildman–Crippen LogP) is 4.36. The number of nitrogens with two attached hydrogens (primary N) is 2. The number of benzene rings is 3. The lowest BCUT2D eigenvalue weighted by Crippen LogP contribution is -2.16. The van der Waals surface area contributed by atoms with Crippen LogP contribution in [-0.4, -0.2) is 21.6 Å². The summed E-state index contributed by atoms with van der Waals surface area (Å²) in [5, 5.41) is 7.56. The zero-order valence-electron chi connectivity index (χ0n) is 17.8. The van der Waals surface area contributed by atoms with E-state index in [1.165, 1.54) is 18.2 Å². The molecule has 9 heteroatoms. The van der Waals surface area contributed by atoms with Crippen LogP contribution in [0.2, 0.25) is 5.02 Å². The van der Waals surface area contributed by atoms with Crippen molar-refractivity contribution < 1.29 is 14.0 Å². The van der Waals surface area contributed by atoms with E-state index < -0.39 is 5.91 Å². The highest BCUT2D eigenvalue weighted by Crippen LogP contribution is 2.38. The number of nitrogens with one attached hydrogen (secondary N) is 1. The number of halogens is 2. The number of nitrogens with zero attached hydrogens (tertiary/aromatic N) is 2. The molecule has 1 aliphatic rings. The fraction of sp³-hybridized carbons (Fsp3) is 0.0800. The molecule has 0 aliphatic heterocycles. The fourth-order valence-corrected chi connectivity index (χ4v) is 4.47. The Bertz CT molecular complexity index is 1460. The first-order chi connectivity index (χ1) is 16.3. The van der Waals surface area contributed by atoms with Gasteiger partial charge in [0.2, 0.25) is 0 Å². The molecule has 0 fully saturated rings. The van der Waals surface area contributed by atoms with Gasteiger partial charge in [-0.05, 0) is 73.0 Å². The average Bonchev–Trinajstić information content (AvgIpc) is 3.20. The zero-order valence-corrected chi connectivity index (χ0v) is 18.6. The van der Waals surface area contributed by atoms with Crippen LogP contribution < -0.4 is 16.8 Å². The smallest absolute Gasteiger partial charge is 0.269 e. The maximum Gasteiger partial charge on any atom is 0.269 e. The summed E-state index contributed by atoms with van der Waals surface area (Å²) in [6.45, 7) is 0. The van der Waals surface area contributed by atoms with Crippen molar-refractivity contribution >= 4 is 34.8 Å². The molecule has 0 unspecified atom stereocenters. The van der Waals surface area contributed by atoms with Crippen LogP contribution in [0.5, 0.6) is 0 Å². The van der Waals surface area contributed by atoms with Gasteiger partial charge >= 0.3 is 0 Å². The number of aryl methyl sites for hydroxylation is 1. The van der Waals surface area contributed by atoms with E-state index in [4.69, 9.17) is 23.1 Å². The Hall–Kier alpha value is -4.17. The predicted molar refractivity (Wildman–Crippen MR) is 129 cm³/mol. The number of hydrogen-bond donors (Lipinski definition) is 3. The quantitative estimate of drug-likeness (QED) is 0.380. The maximum absolute atomic E-state index is 13.5. The summed E-state index contributed by atoms with van der Waals surface area (Å²) in [6.07, 6.45) is 1.25. The summed E-state index contributed by atoms with van der Waals surface area (Å²) in [4.78, 5) is 24.9. The second-order valence-corrected chi connectivity index (χ2v) is 8.40. The third kappa shape index (κ3) is 3.78. The second kappa shape index (κ2) is 8.31. The molecule has 4 aromatic rings. The molecule has 1 aliphatic carbocycles. The summed E-state index contributed by atoms with van der Waals surface area (Å²) in [6, 6.07) is 16.0. The molecule has 5 N–H and O–H groups in total. The Morgan fingerprint density at radius 1 is 1.03 bits per heavy atom. The number of fused-ring (bicyclic) bond motifs is 3. The van der Waals surface area contributed by atoms with Gasteiger partial charge in [-0.1, -0.05) is 17.7 Å². The van der Waals surface area contributed by atoms with Crippen LogP contribution in [0.25, 0.3) is 16.9 Å². The molecular formula is C25H19ClFN5O2. The Labute approximate surface area is 199 Å². The van der Waals surface area contributed by atoms with E-state index in [0.29, 0.717) is 41.2 Å². The molecule has 3 aromatic carbocycles. The second-order valence-electron chi connectivity index (χ2n) is 7.99. The van der Waals surface area contributed by atoms with E-state index in [1.807, 2.05) is 12.1 Å². The molecule has 1 heterocycles. The van der Waals surface area contributed by atoms with E-state index in [2.05, 4.69) is 10.4 Å². The number of nitrogen functional groups attached to an aromatic ring is 1. The summed E-state index contributed by atoms with van der Waals surface area (Å²) in [7, 11) is 0. The number of carbonyl (C=O) groups is 2. The molecule has 0 atom stereocenters. The molecule has 0 bridgehead atoms. The van der Waals surface area contributed by atoms with Crippen molar-refractivity contribution in [3.8, 4) is 16.9 Å². The van der Waals surface area contributed by atoms with E-state index in [1.54, 1.807) is 35.0 Å². The highest BCUT2D eigenvalue weighted by atomic mass is 35.5. The van der Waals surface area contributed by atoms with Crippen LogP contribution in [0, 0.1) is 5.82 Å².